The molecule has 0 aliphatic rings. The van der Waals surface area contributed by atoms with E-state index in [1.165, 1.54) is 20.4 Å². The Morgan fingerprint density at radius 1 is 0.867 bits per heavy atom. The summed E-state index contributed by atoms with van der Waals surface area (Å²) in [7, 11) is 2.62. The number of benzene rings is 1. The molecule has 7 nitrogen and oxygen atoms in total. The Morgan fingerprint density at radius 3 is 2.00 bits per heavy atom. The van der Waals surface area contributed by atoms with Crippen molar-refractivity contribution in [3.8, 4) is 11.6 Å². The van der Waals surface area contributed by atoms with Crippen molar-refractivity contribution in [2.75, 3.05) is 20.5 Å². The fourth-order valence-corrected chi connectivity index (χ4v) is 2.75. The summed E-state index contributed by atoms with van der Waals surface area (Å²) in [6, 6.07) is 14.0. The van der Waals surface area contributed by atoms with Crippen LogP contribution in [0.1, 0.15) is 20.7 Å². The van der Waals surface area contributed by atoms with Gasteiger partial charge in [-0.05, 0) is 54.8 Å². The Balaban J connectivity index is 0.000000248. The number of methoxy groups -OCH3 is 2. The van der Waals surface area contributed by atoms with Crippen molar-refractivity contribution >= 4 is 35.3 Å². The summed E-state index contributed by atoms with van der Waals surface area (Å²) in [6.45, 7) is 0. The number of esters is 2. The molecule has 156 valence electrons. The van der Waals surface area contributed by atoms with E-state index in [1.54, 1.807) is 42.2 Å². The highest BCUT2D eigenvalue weighted by atomic mass is 35.5. The average molecular weight is 447 g/mol. The molecular formula is C21H19ClN2O5S. The van der Waals surface area contributed by atoms with Gasteiger partial charge in [-0.25, -0.2) is 19.6 Å². The van der Waals surface area contributed by atoms with E-state index in [2.05, 4.69) is 19.4 Å². The predicted molar refractivity (Wildman–Crippen MR) is 114 cm³/mol. The van der Waals surface area contributed by atoms with Crippen LogP contribution in [0.2, 0.25) is 5.15 Å². The smallest absolute Gasteiger partial charge is 0.343 e. The molecule has 30 heavy (non-hydrogen) atoms. The maximum absolute atomic E-state index is 11.6. The maximum atomic E-state index is 11.6. The van der Waals surface area contributed by atoms with Crippen LogP contribution < -0.4 is 4.74 Å². The Morgan fingerprint density at radius 2 is 1.43 bits per heavy atom. The molecule has 3 aromatic rings. The first-order valence-corrected chi connectivity index (χ1v) is 10.1. The van der Waals surface area contributed by atoms with Gasteiger partial charge in [0.05, 0.1) is 19.8 Å². The van der Waals surface area contributed by atoms with Crippen molar-refractivity contribution in [2.24, 2.45) is 0 Å². The van der Waals surface area contributed by atoms with E-state index >= 15 is 0 Å². The third kappa shape index (κ3) is 6.47. The Labute approximate surface area is 183 Å². The number of nitrogens with zero attached hydrogens (tertiary/aromatic N) is 2. The summed E-state index contributed by atoms with van der Waals surface area (Å²) in [5, 5.41) is 0.166. The van der Waals surface area contributed by atoms with Gasteiger partial charge in [-0.1, -0.05) is 11.6 Å². The van der Waals surface area contributed by atoms with Crippen LogP contribution in [-0.4, -0.2) is 42.4 Å². The Bertz CT molecular complexity index is 999. The highest BCUT2D eigenvalue weighted by molar-refractivity contribution is 7.98. The van der Waals surface area contributed by atoms with Gasteiger partial charge in [-0.2, -0.15) is 0 Å². The molecule has 2 heterocycles. The normalized spacial score (nSPS) is 9.73. The summed E-state index contributed by atoms with van der Waals surface area (Å²) in [5.41, 5.74) is 0.593. The number of rotatable bonds is 5. The van der Waals surface area contributed by atoms with Gasteiger partial charge in [0, 0.05) is 17.3 Å². The molecule has 0 saturated carbocycles. The fourth-order valence-electron chi connectivity index (χ4n) is 2.14. The Hall–Kier alpha value is -3.10. The minimum atomic E-state index is -0.469. The van der Waals surface area contributed by atoms with E-state index in [1.807, 2.05) is 30.5 Å². The van der Waals surface area contributed by atoms with E-state index in [0.717, 1.165) is 4.90 Å². The van der Waals surface area contributed by atoms with Crippen LogP contribution in [0.4, 0.5) is 0 Å². The van der Waals surface area contributed by atoms with Crippen LogP contribution in [-0.2, 0) is 9.47 Å². The molecule has 0 aliphatic carbocycles. The average Bonchev–Trinajstić information content (AvgIpc) is 2.79. The minimum Gasteiger partial charge on any atom is -0.465 e. The number of thioether (sulfide) groups is 1. The summed E-state index contributed by atoms with van der Waals surface area (Å²) in [6.07, 6.45) is 5.08. The van der Waals surface area contributed by atoms with Crippen LogP contribution >= 0.6 is 23.4 Å². The lowest BCUT2D eigenvalue weighted by Crippen LogP contribution is -2.04. The van der Waals surface area contributed by atoms with Crippen LogP contribution in [0.15, 0.2) is 65.8 Å². The lowest BCUT2D eigenvalue weighted by Gasteiger charge is -2.08. The number of ether oxygens (including phenoxy) is 3. The molecule has 0 unspecified atom stereocenters. The van der Waals surface area contributed by atoms with E-state index in [4.69, 9.17) is 16.3 Å². The van der Waals surface area contributed by atoms with E-state index in [0.29, 0.717) is 11.3 Å². The van der Waals surface area contributed by atoms with Gasteiger partial charge in [0.1, 0.15) is 16.5 Å². The first-order valence-electron chi connectivity index (χ1n) is 8.54. The molecule has 0 atom stereocenters. The summed E-state index contributed by atoms with van der Waals surface area (Å²) < 4.78 is 14.8. The number of hydrogen-bond acceptors (Lipinski definition) is 8. The first kappa shape index (κ1) is 23.2. The van der Waals surface area contributed by atoms with E-state index in [9.17, 15) is 9.59 Å². The lowest BCUT2D eigenvalue weighted by molar-refractivity contribution is 0.0589. The standard InChI is InChI=1S/C14H13NO3S.C7H6ClNO2/c1-17-14(16)12-4-3-9-15-13(12)18-10-5-7-11(19-2)8-6-10;1-11-7(10)5-3-2-4-9-6(5)8/h3-9H,1-2H3;2-4H,1H3. The molecule has 0 radical (unpaired) electrons. The number of carbonyl (C=O) groups is 2. The lowest BCUT2D eigenvalue weighted by atomic mass is 10.3. The summed E-state index contributed by atoms with van der Waals surface area (Å²) in [4.78, 5) is 31.4. The van der Waals surface area contributed by atoms with Crippen molar-refractivity contribution < 1.29 is 23.8 Å². The quantitative estimate of drug-likeness (QED) is 0.310. The Kier molecular flexibility index (Phi) is 9.11. The van der Waals surface area contributed by atoms with Gasteiger partial charge in [-0.3, -0.25) is 0 Å². The van der Waals surface area contributed by atoms with Crippen LogP contribution in [0.3, 0.4) is 0 Å². The number of aromatic nitrogens is 2. The number of pyridine rings is 2. The van der Waals surface area contributed by atoms with Crippen LogP contribution in [0.25, 0.3) is 0 Å². The summed E-state index contributed by atoms with van der Waals surface area (Å²) in [5.74, 6) is -0.0696. The highest BCUT2D eigenvalue weighted by Gasteiger charge is 2.14. The molecule has 0 bridgehead atoms. The molecule has 3 rings (SSSR count). The molecular weight excluding hydrogens is 428 g/mol. The van der Waals surface area contributed by atoms with Crippen molar-refractivity contribution in [3.05, 3.63) is 77.2 Å². The van der Waals surface area contributed by atoms with Crippen molar-refractivity contribution in [3.63, 3.8) is 0 Å². The topological polar surface area (TPSA) is 87.6 Å². The third-order valence-electron chi connectivity index (χ3n) is 3.61. The molecule has 1 aromatic carbocycles. The molecule has 0 fully saturated rings. The van der Waals surface area contributed by atoms with Gasteiger partial charge >= 0.3 is 11.9 Å². The molecule has 0 amide bonds. The number of hydrogen-bond donors (Lipinski definition) is 0. The summed E-state index contributed by atoms with van der Waals surface area (Å²) >= 11 is 7.24. The van der Waals surface area contributed by atoms with Gasteiger partial charge in [-0.15, -0.1) is 11.8 Å². The van der Waals surface area contributed by atoms with E-state index in [-0.39, 0.29) is 16.6 Å². The zero-order valence-corrected chi connectivity index (χ0v) is 18.1. The van der Waals surface area contributed by atoms with Crippen LogP contribution in [0, 0.1) is 0 Å². The zero-order chi connectivity index (χ0) is 21.9. The highest BCUT2D eigenvalue weighted by Crippen LogP contribution is 2.25. The van der Waals surface area contributed by atoms with Crippen molar-refractivity contribution in [2.45, 2.75) is 4.90 Å². The largest absolute Gasteiger partial charge is 0.465 e. The van der Waals surface area contributed by atoms with Crippen molar-refractivity contribution in [1.82, 2.24) is 9.97 Å². The van der Waals surface area contributed by atoms with Crippen molar-refractivity contribution in [1.29, 1.82) is 0 Å². The minimum absolute atomic E-state index is 0.166. The van der Waals surface area contributed by atoms with Gasteiger partial charge in [0.25, 0.3) is 0 Å². The molecule has 0 saturated heterocycles. The second-order valence-electron chi connectivity index (χ2n) is 5.46. The second-order valence-corrected chi connectivity index (χ2v) is 6.70. The monoisotopic (exact) mass is 446 g/mol. The van der Waals surface area contributed by atoms with E-state index < -0.39 is 11.9 Å². The molecule has 9 heteroatoms. The fraction of sp³-hybridized carbons (Fsp3) is 0.143. The molecule has 2 aromatic heterocycles. The molecule has 0 N–H and O–H groups in total. The van der Waals surface area contributed by atoms with Gasteiger partial charge < -0.3 is 14.2 Å². The predicted octanol–water partition coefficient (Wildman–Crippen LogP) is 4.90. The van der Waals surface area contributed by atoms with Gasteiger partial charge in [0.15, 0.2) is 0 Å². The van der Waals surface area contributed by atoms with Gasteiger partial charge in [0.2, 0.25) is 5.88 Å². The second kappa shape index (κ2) is 11.8. The maximum Gasteiger partial charge on any atom is 0.343 e. The number of halogens is 1. The first-order chi connectivity index (χ1) is 14.5. The SMILES string of the molecule is COC(=O)c1cccnc1Cl.COC(=O)c1cccnc1Oc1ccc(SC)cc1. The zero-order valence-electron chi connectivity index (χ0n) is 16.5. The van der Waals surface area contributed by atoms with Crippen LogP contribution in [0.5, 0.6) is 11.6 Å². The third-order valence-corrected chi connectivity index (χ3v) is 4.66. The number of carbonyl (C=O) groups excluding carboxylic acids is 2. The molecule has 0 spiro atoms. The molecule has 0 aliphatic heterocycles.